The zero-order chi connectivity index (χ0) is 16.4. The Morgan fingerprint density at radius 3 is 2.54 bits per heavy atom. The molecule has 2 fully saturated rings. The highest BCUT2D eigenvalue weighted by molar-refractivity contribution is 5.29. The largest absolute Gasteiger partial charge is 0.361 e. The van der Waals surface area contributed by atoms with Crippen LogP contribution in [0.5, 0.6) is 0 Å². The first-order valence-electron chi connectivity index (χ1n) is 8.68. The van der Waals surface area contributed by atoms with Crippen LogP contribution in [-0.4, -0.2) is 76.8 Å². The van der Waals surface area contributed by atoms with Crippen LogP contribution >= 0.6 is 0 Å². The van der Waals surface area contributed by atoms with Crippen LogP contribution in [0.4, 0.5) is 5.95 Å². The summed E-state index contributed by atoms with van der Waals surface area (Å²) in [5.41, 5.74) is 0.965. The highest BCUT2D eigenvalue weighted by Crippen LogP contribution is 2.19. The van der Waals surface area contributed by atoms with E-state index in [0.717, 1.165) is 69.6 Å². The lowest BCUT2D eigenvalue weighted by atomic mass is 10.1. The van der Waals surface area contributed by atoms with E-state index in [1.807, 2.05) is 31.5 Å². The van der Waals surface area contributed by atoms with Gasteiger partial charge in [-0.2, -0.15) is 0 Å². The molecule has 2 aliphatic heterocycles. The highest BCUT2D eigenvalue weighted by Gasteiger charge is 2.33. The van der Waals surface area contributed by atoms with Crippen molar-refractivity contribution in [1.29, 1.82) is 0 Å². The maximum Gasteiger partial charge on any atom is 0.225 e. The molecule has 0 atom stereocenters. The molecule has 24 heavy (non-hydrogen) atoms. The number of anilines is 1. The van der Waals surface area contributed by atoms with Gasteiger partial charge in [0.1, 0.15) is 5.76 Å². The Morgan fingerprint density at radius 2 is 1.88 bits per heavy atom. The number of aromatic nitrogens is 3. The second kappa shape index (κ2) is 6.86. The molecule has 0 bridgehead atoms. The van der Waals surface area contributed by atoms with Gasteiger partial charge in [0.25, 0.3) is 0 Å². The van der Waals surface area contributed by atoms with Gasteiger partial charge in [-0.15, -0.1) is 0 Å². The van der Waals surface area contributed by atoms with Gasteiger partial charge in [0.05, 0.1) is 5.69 Å². The lowest BCUT2D eigenvalue weighted by Crippen LogP contribution is -2.63. The summed E-state index contributed by atoms with van der Waals surface area (Å²) in [6.45, 7) is 9.56. The standard InChI is InChI=1S/C17H24N6O/c1-14-11-16(24-20-14)3-6-21-12-15(13-21)22-7-9-23(10-8-22)17-18-4-2-5-19-17/h2,4-5,11,15H,3,6-10,12-13H2,1H3. The highest BCUT2D eigenvalue weighted by atomic mass is 16.5. The van der Waals surface area contributed by atoms with Crippen molar-refractivity contribution in [3.63, 3.8) is 0 Å². The van der Waals surface area contributed by atoms with Crippen molar-refractivity contribution in [3.8, 4) is 0 Å². The third-order valence-electron chi connectivity index (χ3n) is 4.95. The number of hydrogen-bond donors (Lipinski definition) is 0. The van der Waals surface area contributed by atoms with Crippen LogP contribution in [0.25, 0.3) is 0 Å². The predicted octanol–water partition coefficient (Wildman–Crippen LogP) is 0.822. The van der Waals surface area contributed by atoms with E-state index >= 15 is 0 Å². The first-order chi connectivity index (χ1) is 11.8. The number of nitrogens with zero attached hydrogens (tertiary/aromatic N) is 6. The summed E-state index contributed by atoms with van der Waals surface area (Å²) in [6.07, 6.45) is 4.58. The van der Waals surface area contributed by atoms with Gasteiger partial charge in [0, 0.05) is 76.7 Å². The Hall–Kier alpha value is -1.99. The fraction of sp³-hybridized carbons (Fsp3) is 0.588. The normalized spacial score (nSPS) is 20.3. The van der Waals surface area contributed by atoms with Gasteiger partial charge in [0.2, 0.25) is 5.95 Å². The number of rotatable bonds is 5. The van der Waals surface area contributed by atoms with Crippen LogP contribution in [0.3, 0.4) is 0 Å². The Balaban J connectivity index is 1.18. The Morgan fingerprint density at radius 1 is 1.12 bits per heavy atom. The van der Waals surface area contributed by atoms with Gasteiger partial charge in [-0.25, -0.2) is 9.97 Å². The van der Waals surface area contributed by atoms with Gasteiger partial charge in [0.15, 0.2) is 0 Å². The Labute approximate surface area is 142 Å². The first kappa shape index (κ1) is 15.5. The number of hydrogen-bond acceptors (Lipinski definition) is 7. The topological polar surface area (TPSA) is 61.5 Å². The molecule has 4 heterocycles. The Kier molecular flexibility index (Phi) is 4.44. The lowest BCUT2D eigenvalue weighted by Gasteiger charge is -2.48. The summed E-state index contributed by atoms with van der Waals surface area (Å²) in [6, 6.07) is 4.59. The molecule has 0 saturated carbocycles. The molecule has 2 aromatic rings. The summed E-state index contributed by atoms with van der Waals surface area (Å²) in [4.78, 5) is 16.1. The van der Waals surface area contributed by atoms with E-state index in [-0.39, 0.29) is 0 Å². The fourth-order valence-electron chi connectivity index (χ4n) is 3.50. The first-order valence-corrected chi connectivity index (χ1v) is 8.68. The average Bonchev–Trinajstić information content (AvgIpc) is 3.00. The van der Waals surface area contributed by atoms with E-state index < -0.39 is 0 Å². The van der Waals surface area contributed by atoms with Gasteiger partial charge in [-0.05, 0) is 13.0 Å². The number of aryl methyl sites for hydroxylation is 1. The third kappa shape index (κ3) is 3.42. The van der Waals surface area contributed by atoms with Crippen LogP contribution in [0.2, 0.25) is 0 Å². The van der Waals surface area contributed by atoms with Crippen LogP contribution in [0, 0.1) is 6.92 Å². The summed E-state index contributed by atoms with van der Waals surface area (Å²) >= 11 is 0. The Bertz CT molecular complexity index is 646. The second-order valence-electron chi connectivity index (χ2n) is 6.67. The predicted molar refractivity (Wildman–Crippen MR) is 91.0 cm³/mol. The molecule has 4 rings (SSSR count). The molecular formula is C17H24N6O. The molecule has 0 spiro atoms. The minimum atomic E-state index is 0.695. The van der Waals surface area contributed by atoms with Crippen molar-refractivity contribution in [2.24, 2.45) is 0 Å². The molecule has 0 radical (unpaired) electrons. The van der Waals surface area contributed by atoms with Gasteiger partial charge >= 0.3 is 0 Å². The molecule has 0 unspecified atom stereocenters. The third-order valence-corrected chi connectivity index (χ3v) is 4.95. The van der Waals surface area contributed by atoms with Crippen molar-refractivity contribution in [3.05, 3.63) is 36.0 Å². The van der Waals surface area contributed by atoms with E-state index in [1.54, 1.807) is 0 Å². The lowest BCUT2D eigenvalue weighted by molar-refractivity contribution is 0.0305. The van der Waals surface area contributed by atoms with E-state index in [9.17, 15) is 0 Å². The number of likely N-dealkylation sites (tertiary alicyclic amines) is 1. The summed E-state index contributed by atoms with van der Waals surface area (Å²) < 4.78 is 5.28. The van der Waals surface area contributed by atoms with Crippen molar-refractivity contribution in [1.82, 2.24) is 24.9 Å². The molecule has 0 aromatic carbocycles. The minimum Gasteiger partial charge on any atom is -0.361 e. The van der Waals surface area contributed by atoms with Crippen LogP contribution in [0.15, 0.2) is 29.0 Å². The maximum absolute atomic E-state index is 5.28. The molecule has 7 heteroatoms. The van der Waals surface area contributed by atoms with E-state index in [4.69, 9.17) is 4.52 Å². The fourth-order valence-corrected chi connectivity index (χ4v) is 3.50. The van der Waals surface area contributed by atoms with Gasteiger partial charge in [-0.3, -0.25) is 9.80 Å². The molecule has 0 aliphatic carbocycles. The molecule has 7 nitrogen and oxygen atoms in total. The van der Waals surface area contributed by atoms with Crippen LogP contribution in [-0.2, 0) is 6.42 Å². The quantitative estimate of drug-likeness (QED) is 0.805. The smallest absolute Gasteiger partial charge is 0.225 e. The molecule has 2 saturated heterocycles. The average molecular weight is 328 g/mol. The monoisotopic (exact) mass is 328 g/mol. The summed E-state index contributed by atoms with van der Waals surface area (Å²) in [7, 11) is 0. The maximum atomic E-state index is 5.28. The van der Waals surface area contributed by atoms with E-state index in [1.165, 1.54) is 0 Å². The molecule has 2 aromatic heterocycles. The summed E-state index contributed by atoms with van der Waals surface area (Å²) in [5, 5.41) is 3.94. The van der Waals surface area contributed by atoms with Gasteiger partial charge < -0.3 is 9.42 Å². The van der Waals surface area contributed by atoms with Crippen molar-refractivity contribution in [2.45, 2.75) is 19.4 Å². The molecule has 0 amide bonds. The molecule has 128 valence electrons. The molecular weight excluding hydrogens is 304 g/mol. The zero-order valence-electron chi connectivity index (χ0n) is 14.1. The van der Waals surface area contributed by atoms with Crippen molar-refractivity contribution >= 4 is 5.95 Å². The summed E-state index contributed by atoms with van der Waals surface area (Å²) in [5.74, 6) is 1.85. The van der Waals surface area contributed by atoms with Crippen molar-refractivity contribution in [2.75, 3.05) is 50.7 Å². The van der Waals surface area contributed by atoms with Crippen LogP contribution < -0.4 is 4.90 Å². The van der Waals surface area contributed by atoms with E-state index in [0.29, 0.717) is 6.04 Å². The zero-order valence-corrected chi connectivity index (χ0v) is 14.1. The van der Waals surface area contributed by atoms with Gasteiger partial charge in [-0.1, -0.05) is 5.16 Å². The van der Waals surface area contributed by atoms with Crippen LogP contribution in [0.1, 0.15) is 11.5 Å². The second-order valence-corrected chi connectivity index (χ2v) is 6.67. The number of piperazine rings is 1. The molecule has 2 aliphatic rings. The minimum absolute atomic E-state index is 0.695. The van der Waals surface area contributed by atoms with E-state index in [2.05, 4.69) is 29.8 Å². The molecule has 0 N–H and O–H groups in total. The SMILES string of the molecule is Cc1cc(CCN2CC(N3CCN(c4ncccn4)CC3)C2)on1. The van der Waals surface area contributed by atoms with Crippen molar-refractivity contribution < 1.29 is 4.52 Å².